The zero-order valence-corrected chi connectivity index (χ0v) is 33.9. The van der Waals surface area contributed by atoms with Crippen molar-refractivity contribution in [1.29, 1.82) is 0 Å². The molecule has 0 aromatic heterocycles. The highest BCUT2D eigenvalue weighted by molar-refractivity contribution is 7.98. The van der Waals surface area contributed by atoms with Crippen LogP contribution in [0.25, 0.3) is 0 Å². The number of rotatable bonds is 25. The minimum atomic E-state index is -1.20. The number of thioether (sulfide) groups is 2. The number of thiol groups is 1. The number of guanidine groups is 1. The summed E-state index contributed by atoms with van der Waals surface area (Å²) in [4.78, 5) is 95.5. The van der Waals surface area contributed by atoms with Crippen molar-refractivity contribution in [3.8, 4) is 0 Å². The Morgan fingerprint density at radius 2 is 1.55 bits per heavy atom. The molecule has 55 heavy (non-hydrogen) atoms. The van der Waals surface area contributed by atoms with Crippen LogP contribution in [0.1, 0.15) is 44.1 Å². The Balaban J connectivity index is 2.14. The summed E-state index contributed by atoms with van der Waals surface area (Å²) in [6.45, 7) is 0.223. The molecular weight excluding hydrogens is 769 g/mol. The molecule has 1 aliphatic heterocycles. The summed E-state index contributed by atoms with van der Waals surface area (Å²) in [5.41, 5.74) is 17.7. The van der Waals surface area contributed by atoms with Crippen LogP contribution in [-0.2, 0) is 40.0 Å². The van der Waals surface area contributed by atoms with Gasteiger partial charge >= 0.3 is 5.96 Å². The lowest BCUT2D eigenvalue weighted by Crippen LogP contribution is -2.78. The highest BCUT2D eigenvalue weighted by Gasteiger charge is 2.36. The molecule has 1 aromatic rings. The maximum absolute atomic E-state index is 13.8. The van der Waals surface area contributed by atoms with Crippen LogP contribution >= 0.6 is 36.2 Å². The molecule has 1 saturated heterocycles. The number of nitrogens with two attached hydrogens (primary N) is 3. The van der Waals surface area contributed by atoms with E-state index in [1.807, 2.05) is 12.5 Å². The monoisotopic (exact) mass is 825 g/mol. The Morgan fingerprint density at radius 3 is 2.18 bits per heavy atom. The van der Waals surface area contributed by atoms with Crippen LogP contribution in [0.4, 0.5) is 0 Å². The van der Waals surface area contributed by atoms with Crippen LogP contribution in [-0.4, -0.2) is 138 Å². The van der Waals surface area contributed by atoms with E-state index in [4.69, 9.17) is 17.2 Å². The van der Waals surface area contributed by atoms with Crippen molar-refractivity contribution in [2.75, 3.05) is 49.4 Å². The van der Waals surface area contributed by atoms with Gasteiger partial charge in [0.2, 0.25) is 35.4 Å². The molecule has 6 amide bonds. The number of likely N-dealkylation sites (tertiary alicyclic amines) is 1. The normalized spacial score (nSPS) is 16.4. The van der Waals surface area contributed by atoms with Crippen LogP contribution in [0.5, 0.6) is 0 Å². The van der Waals surface area contributed by atoms with Crippen LogP contribution in [0.3, 0.4) is 0 Å². The lowest BCUT2D eigenvalue weighted by atomic mass is 10.0. The van der Waals surface area contributed by atoms with Gasteiger partial charge in [-0.2, -0.15) is 36.2 Å². The maximum atomic E-state index is 13.8. The summed E-state index contributed by atoms with van der Waals surface area (Å²) in [7, 11) is 0. The average Bonchev–Trinajstić information content (AvgIpc) is 3.67. The second kappa shape index (κ2) is 26.0. The summed E-state index contributed by atoms with van der Waals surface area (Å²) in [6, 6.07) is 3.16. The summed E-state index contributed by atoms with van der Waals surface area (Å²) in [5, 5.41) is 13.2. The van der Waals surface area contributed by atoms with Crippen molar-refractivity contribution in [2.45, 2.75) is 81.2 Å². The second-order valence-corrected chi connectivity index (χ2v) is 15.3. The van der Waals surface area contributed by atoms with Crippen molar-refractivity contribution >= 4 is 83.8 Å². The fraction of sp³-hybridized carbons (Fsp3) is 0.600. The molecule has 0 unspecified atom stereocenters. The number of amides is 6. The summed E-state index contributed by atoms with van der Waals surface area (Å²) < 4.78 is 0. The van der Waals surface area contributed by atoms with Gasteiger partial charge < -0.3 is 42.0 Å². The molecule has 12 N–H and O–H groups in total. The van der Waals surface area contributed by atoms with E-state index in [0.29, 0.717) is 68.5 Å². The summed E-state index contributed by atoms with van der Waals surface area (Å²) in [6.07, 6.45) is 6.92. The number of benzene rings is 1. The van der Waals surface area contributed by atoms with Crippen molar-refractivity contribution in [3.05, 3.63) is 35.9 Å². The Morgan fingerprint density at radius 1 is 0.909 bits per heavy atom. The molecule has 1 heterocycles. The average molecular weight is 826 g/mol. The SMILES string of the molecule is CSCC[C@@H](C=O)NC(=O)[C@H](CCC[NH+]=C(N)N)NC(=O)[C@H](Cc1ccccc1)NC(=O)[C@H](CS)NC(=O)CNC(=O)[C@@H]1CCCN1C(=O)[C@@H](N)CCSC. The quantitative estimate of drug-likeness (QED) is 0.0151. The smallest absolute Gasteiger partial charge is 0.338 e. The first-order chi connectivity index (χ1) is 26.3. The van der Waals surface area contributed by atoms with E-state index >= 15 is 0 Å². The number of carbonyl (C=O) groups is 7. The van der Waals surface area contributed by atoms with Crippen LogP contribution in [0, 0.1) is 0 Å². The van der Waals surface area contributed by atoms with Gasteiger partial charge in [-0.05, 0) is 68.1 Å². The van der Waals surface area contributed by atoms with Gasteiger partial charge in [-0.25, -0.2) is 0 Å². The molecule has 20 heteroatoms. The fourth-order valence-electron chi connectivity index (χ4n) is 5.72. The zero-order chi connectivity index (χ0) is 40.8. The van der Waals surface area contributed by atoms with Crippen molar-refractivity contribution < 1.29 is 38.6 Å². The maximum Gasteiger partial charge on any atom is 0.338 e. The van der Waals surface area contributed by atoms with Gasteiger partial charge in [0.1, 0.15) is 30.5 Å². The summed E-state index contributed by atoms with van der Waals surface area (Å²) >= 11 is 7.33. The molecule has 1 aliphatic rings. The van der Waals surface area contributed by atoms with Gasteiger partial charge in [-0.1, -0.05) is 30.3 Å². The predicted octanol–water partition coefficient (Wildman–Crippen LogP) is -3.63. The molecular formula is C35H57N10O7S3+. The zero-order valence-electron chi connectivity index (χ0n) is 31.4. The lowest BCUT2D eigenvalue weighted by Gasteiger charge is -2.27. The van der Waals surface area contributed by atoms with Gasteiger partial charge in [-0.15, -0.1) is 0 Å². The highest BCUT2D eigenvalue weighted by atomic mass is 32.2. The Bertz CT molecular complexity index is 1450. The number of aldehydes is 1. The van der Waals surface area contributed by atoms with Gasteiger partial charge in [0.15, 0.2) is 0 Å². The van der Waals surface area contributed by atoms with E-state index in [1.54, 1.807) is 42.1 Å². The Kier molecular flexibility index (Phi) is 22.2. The molecule has 0 saturated carbocycles. The van der Waals surface area contributed by atoms with E-state index in [0.717, 1.165) is 0 Å². The number of hydrogen-bond donors (Lipinski definition) is 10. The molecule has 6 atom stereocenters. The van der Waals surface area contributed by atoms with Crippen molar-refractivity contribution in [1.82, 2.24) is 31.5 Å². The van der Waals surface area contributed by atoms with E-state index in [9.17, 15) is 33.6 Å². The van der Waals surface area contributed by atoms with Crippen molar-refractivity contribution in [3.63, 3.8) is 0 Å². The third kappa shape index (κ3) is 17.1. The van der Waals surface area contributed by atoms with Crippen LogP contribution in [0.2, 0.25) is 0 Å². The Hall–Kier alpha value is -4.01. The number of hydrogen-bond acceptors (Lipinski definition) is 11. The van der Waals surface area contributed by atoms with Gasteiger partial charge in [-0.3, -0.25) is 45.2 Å². The van der Waals surface area contributed by atoms with Crippen molar-refractivity contribution in [2.24, 2.45) is 17.2 Å². The van der Waals surface area contributed by atoms with Gasteiger partial charge in [0, 0.05) is 18.7 Å². The molecule has 1 aromatic carbocycles. The first-order valence-corrected chi connectivity index (χ1v) is 21.5. The minimum absolute atomic E-state index is 0.00309. The van der Waals surface area contributed by atoms with Gasteiger partial charge in [0.05, 0.1) is 25.2 Å². The van der Waals surface area contributed by atoms with Crippen LogP contribution in [0.15, 0.2) is 30.3 Å². The molecule has 17 nitrogen and oxygen atoms in total. The highest BCUT2D eigenvalue weighted by Crippen LogP contribution is 2.19. The third-order valence-electron chi connectivity index (χ3n) is 8.72. The van der Waals surface area contributed by atoms with E-state index in [1.165, 1.54) is 16.7 Å². The van der Waals surface area contributed by atoms with E-state index in [2.05, 4.69) is 44.2 Å². The van der Waals surface area contributed by atoms with Crippen LogP contribution < -0.4 is 48.8 Å². The number of nitrogens with one attached hydrogen (secondary N) is 6. The lowest BCUT2D eigenvalue weighted by molar-refractivity contribution is -0.459. The Labute approximate surface area is 336 Å². The first kappa shape index (κ1) is 47.1. The molecule has 0 radical (unpaired) electrons. The fourth-order valence-corrected chi connectivity index (χ4v) is 6.96. The first-order valence-electron chi connectivity index (χ1n) is 18.1. The molecule has 0 aliphatic carbocycles. The summed E-state index contributed by atoms with van der Waals surface area (Å²) in [5.74, 6) is -2.30. The van der Waals surface area contributed by atoms with E-state index < -0.39 is 72.3 Å². The largest absolute Gasteiger partial charge is 0.345 e. The second-order valence-electron chi connectivity index (χ2n) is 13.0. The standard InChI is InChI=1S/C35H56N10O7S3/c1-54-16-12-23(20-46)41-30(48)25(10-6-14-39-35(37)38)43-31(49)26(18-22-8-4-3-5-9-22)44-32(50)27(21-53)42-29(47)19-40-33(51)28-11-7-15-45(28)34(52)24(36)13-17-55-2/h3-5,8-9,20,23-28,53H,6-7,10-19,21,36H2,1-2H3,(H,40,51)(H,41,48)(H,42,47)(H,43,49)(H,44,50)(H4,37,38,39)/p+1/t23-,24-,25-,26-,27-,28-/m0/s1. The third-order valence-corrected chi connectivity index (χ3v) is 10.4. The molecule has 0 spiro atoms. The molecule has 0 bridgehead atoms. The van der Waals surface area contributed by atoms with Gasteiger partial charge in [0.25, 0.3) is 0 Å². The number of nitrogens with zero attached hydrogens (tertiary/aromatic N) is 1. The molecule has 306 valence electrons. The molecule has 1 fully saturated rings. The topological polar surface area (TPSA) is 275 Å². The van der Waals surface area contributed by atoms with E-state index in [-0.39, 0.29) is 30.5 Å². The molecule has 2 rings (SSSR count). The number of carbonyl (C=O) groups excluding carboxylic acids is 7. The minimum Gasteiger partial charge on any atom is -0.345 e. The predicted molar refractivity (Wildman–Crippen MR) is 218 cm³/mol.